The van der Waals surface area contributed by atoms with Gasteiger partial charge in [-0.15, -0.1) is 22.7 Å². The van der Waals surface area contributed by atoms with E-state index >= 15 is 0 Å². The fraction of sp³-hybridized carbons (Fsp3) is 0. The number of hydrogen-bond acceptors (Lipinski definition) is 8. The molecular formula is C84H50N8S2. The largest absolute Gasteiger partial charge is 0.309 e. The highest BCUT2D eigenvalue weighted by Crippen LogP contribution is 2.47. The van der Waals surface area contributed by atoms with Crippen LogP contribution >= 0.6 is 22.7 Å². The predicted octanol–water partition coefficient (Wildman–Crippen LogP) is 22.3. The molecule has 0 N–H and O–H groups in total. The first-order chi connectivity index (χ1) is 46.6. The fourth-order valence-corrected chi connectivity index (χ4v) is 16.3. The molecule has 0 saturated carbocycles. The van der Waals surface area contributed by atoms with Crippen LogP contribution in [-0.2, 0) is 0 Å². The average Bonchev–Trinajstić information content (AvgIpc) is 1.57. The maximum Gasteiger partial charge on any atom is 0.164 e. The summed E-state index contributed by atoms with van der Waals surface area (Å²) in [6, 6.07) is 107. The number of para-hydroxylation sites is 2. The van der Waals surface area contributed by atoms with E-state index in [2.05, 4.69) is 258 Å². The van der Waals surface area contributed by atoms with Gasteiger partial charge in [0.1, 0.15) is 0 Å². The third-order valence-corrected chi connectivity index (χ3v) is 20.6. The molecule has 0 bridgehead atoms. The van der Waals surface area contributed by atoms with Crippen LogP contribution in [0.25, 0.3) is 186 Å². The summed E-state index contributed by atoms with van der Waals surface area (Å²) < 4.78 is 9.85. The minimum atomic E-state index is 0.605. The standard InChI is InChI=1S/C84H50N8S2/c1-4-18-51(19-5-1)52-34-36-55(37-35-52)81-85-79(53-20-6-2-7-21-53)86-82(87-81)56-38-41-61(42-39-56)91-69-31-13-10-29-67(69)75-71(91)46-45-66-64-43-40-58(50-74(64)94-78(66)75)57-24-16-25-59(48-57)83-88-80(54-22-8-3-9-23-54)89-84(90-83)60-26-17-27-62(49-60)92-70-32-14-11-30-68(70)76-72(92)47-44-65-63-28-12-15-33-73(63)93-77(65)76/h1-50H. The minimum Gasteiger partial charge on any atom is -0.309 e. The lowest BCUT2D eigenvalue weighted by Gasteiger charge is -2.12. The van der Waals surface area contributed by atoms with E-state index in [-0.39, 0.29) is 0 Å². The number of fused-ring (bicyclic) bond motifs is 14. The first-order valence-corrected chi connectivity index (χ1v) is 33.0. The van der Waals surface area contributed by atoms with Crippen molar-refractivity contribution < 1.29 is 0 Å². The molecule has 19 rings (SSSR count). The molecule has 438 valence electrons. The Kier molecular flexibility index (Phi) is 12.5. The third-order valence-electron chi connectivity index (χ3n) is 18.2. The van der Waals surface area contributed by atoms with E-state index in [0.717, 1.165) is 89.1 Å². The molecule has 8 nitrogen and oxygen atoms in total. The Morgan fingerprint density at radius 1 is 0.202 bits per heavy atom. The van der Waals surface area contributed by atoms with E-state index in [9.17, 15) is 0 Å². The highest BCUT2D eigenvalue weighted by molar-refractivity contribution is 7.27. The van der Waals surface area contributed by atoms with Crippen molar-refractivity contribution in [1.29, 1.82) is 0 Å². The van der Waals surface area contributed by atoms with Gasteiger partial charge in [0.15, 0.2) is 34.9 Å². The molecule has 0 aliphatic rings. The molecule has 0 amide bonds. The van der Waals surface area contributed by atoms with E-state index < -0.39 is 0 Å². The summed E-state index contributed by atoms with van der Waals surface area (Å²) in [4.78, 5) is 31.0. The van der Waals surface area contributed by atoms with Crippen LogP contribution in [0.1, 0.15) is 0 Å². The second-order valence-electron chi connectivity index (χ2n) is 23.8. The third kappa shape index (κ3) is 8.94. The summed E-state index contributed by atoms with van der Waals surface area (Å²) >= 11 is 3.72. The van der Waals surface area contributed by atoms with E-state index in [1.165, 1.54) is 61.9 Å². The molecule has 6 heterocycles. The van der Waals surface area contributed by atoms with E-state index in [0.29, 0.717) is 34.9 Å². The molecule has 0 aliphatic carbocycles. The topological polar surface area (TPSA) is 87.2 Å². The number of rotatable bonds is 10. The quantitative estimate of drug-likeness (QED) is 0.136. The van der Waals surface area contributed by atoms with Crippen molar-refractivity contribution in [3.05, 3.63) is 303 Å². The molecule has 0 aliphatic heterocycles. The van der Waals surface area contributed by atoms with Crippen molar-refractivity contribution in [2.24, 2.45) is 0 Å². The summed E-state index contributed by atoms with van der Waals surface area (Å²) in [7, 11) is 0. The second kappa shape index (κ2) is 21.8. The predicted molar refractivity (Wildman–Crippen MR) is 391 cm³/mol. The molecule has 0 radical (unpaired) electrons. The number of hydrogen-bond donors (Lipinski definition) is 0. The Morgan fingerprint density at radius 3 is 1.14 bits per heavy atom. The summed E-state index contributed by atoms with van der Waals surface area (Å²) in [5, 5.41) is 10.00. The Labute approximate surface area is 547 Å². The van der Waals surface area contributed by atoms with Gasteiger partial charge in [-0.2, -0.15) is 0 Å². The van der Waals surface area contributed by atoms with Crippen LogP contribution in [0.3, 0.4) is 0 Å². The highest BCUT2D eigenvalue weighted by atomic mass is 32.1. The maximum atomic E-state index is 5.32. The molecule has 0 fully saturated rings. The Bertz CT molecular complexity index is 6210. The van der Waals surface area contributed by atoms with Gasteiger partial charge in [-0.25, -0.2) is 29.9 Å². The Morgan fingerprint density at radius 2 is 0.564 bits per heavy atom. The second-order valence-corrected chi connectivity index (χ2v) is 25.9. The smallest absolute Gasteiger partial charge is 0.164 e. The molecular weight excluding hydrogens is 1190 g/mol. The molecule has 6 aromatic heterocycles. The van der Waals surface area contributed by atoms with Crippen molar-refractivity contribution >= 4 is 107 Å². The van der Waals surface area contributed by atoms with E-state index in [1.807, 2.05) is 77.3 Å². The lowest BCUT2D eigenvalue weighted by Crippen LogP contribution is -2.01. The lowest BCUT2D eigenvalue weighted by atomic mass is 10.0. The van der Waals surface area contributed by atoms with Gasteiger partial charge in [-0.05, 0) is 101 Å². The van der Waals surface area contributed by atoms with Crippen LogP contribution in [0, 0.1) is 0 Å². The Hall–Kier alpha value is -12.1. The SMILES string of the molecule is c1ccc(-c2ccc(-c3nc(-c4ccccc4)nc(-c4ccc(-n5c6ccccc6c6c7sc8cc(-c9cccc(-c%10nc(-c%11ccccc%11)nc(-c%11cccc(-n%12c%13ccccc%13c%13c%14sc%15ccccc%15c%14ccc%13%12)c%11)n%10)c9)ccc8c7ccc65)cc4)n3)cc2)cc1. The van der Waals surface area contributed by atoms with E-state index in [1.54, 1.807) is 0 Å². The zero-order valence-electron chi connectivity index (χ0n) is 50.3. The van der Waals surface area contributed by atoms with E-state index in [4.69, 9.17) is 29.9 Å². The van der Waals surface area contributed by atoms with Gasteiger partial charge < -0.3 is 9.13 Å². The minimum absolute atomic E-state index is 0.605. The van der Waals surface area contributed by atoms with Gasteiger partial charge in [-0.3, -0.25) is 0 Å². The zero-order valence-corrected chi connectivity index (χ0v) is 51.9. The van der Waals surface area contributed by atoms with Gasteiger partial charge in [-0.1, -0.05) is 224 Å². The van der Waals surface area contributed by atoms with Gasteiger partial charge in [0.2, 0.25) is 0 Å². The fourth-order valence-electron chi connectivity index (χ4n) is 13.8. The van der Waals surface area contributed by atoms with Crippen LogP contribution < -0.4 is 0 Å². The average molecular weight is 1240 g/mol. The maximum absolute atomic E-state index is 5.32. The first kappa shape index (κ1) is 53.7. The van der Waals surface area contributed by atoms with Crippen LogP contribution in [0.5, 0.6) is 0 Å². The van der Waals surface area contributed by atoms with Crippen LogP contribution in [0.2, 0.25) is 0 Å². The number of benzene rings is 13. The number of aromatic nitrogens is 8. The Balaban J connectivity index is 0.671. The van der Waals surface area contributed by atoms with Gasteiger partial charge in [0.05, 0.1) is 22.1 Å². The van der Waals surface area contributed by atoms with Crippen LogP contribution in [0.4, 0.5) is 0 Å². The molecule has 13 aromatic carbocycles. The van der Waals surface area contributed by atoms with Crippen LogP contribution in [-0.4, -0.2) is 39.0 Å². The van der Waals surface area contributed by atoms with Crippen molar-refractivity contribution in [3.8, 4) is 102 Å². The highest BCUT2D eigenvalue weighted by Gasteiger charge is 2.22. The molecule has 10 heteroatoms. The lowest BCUT2D eigenvalue weighted by molar-refractivity contribution is 1.07. The van der Waals surface area contributed by atoms with Crippen molar-refractivity contribution in [3.63, 3.8) is 0 Å². The van der Waals surface area contributed by atoms with Gasteiger partial charge >= 0.3 is 0 Å². The van der Waals surface area contributed by atoms with Crippen LogP contribution in [0.15, 0.2) is 303 Å². The summed E-state index contributed by atoms with van der Waals surface area (Å²) in [6.07, 6.45) is 0. The molecule has 0 saturated heterocycles. The first-order valence-electron chi connectivity index (χ1n) is 31.4. The molecule has 0 spiro atoms. The molecule has 94 heavy (non-hydrogen) atoms. The van der Waals surface area contributed by atoms with Crippen molar-refractivity contribution in [2.45, 2.75) is 0 Å². The number of nitrogens with zero attached hydrogens (tertiary/aromatic N) is 8. The summed E-state index contributed by atoms with van der Waals surface area (Å²) in [5.74, 6) is 3.69. The summed E-state index contributed by atoms with van der Waals surface area (Å²) in [6.45, 7) is 0. The zero-order chi connectivity index (χ0) is 61.8. The van der Waals surface area contributed by atoms with Crippen molar-refractivity contribution in [1.82, 2.24) is 39.0 Å². The summed E-state index contributed by atoms with van der Waals surface area (Å²) in [5.41, 5.74) is 16.7. The van der Waals surface area contributed by atoms with Gasteiger partial charge in [0, 0.05) is 107 Å². The number of thiophene rings is 2. The van der Waals surface area contributed by atoms with Gasteiger partial charge in [0.25, 0.3) is 0 Å². The molecule has 0 unspecified atom stereocenters. The monoisotopic (exact) mass is 1230 g/mol. The molecule has 19 aromatic rings. The molecule has 0 atom stereocenters. The normalized spacial score (nSPS) is 11.8. The van der Waals surface area contributed by atoms with Crippen molar-refractivity contribution in [2.75, 3.05) is 0 Å².